The lowest BCUT2D eigenvalue weighted by atomic mass is 10.2. The van der Waals surface area contributed by atoms with Gasteiger partial charge < -0.3 is 14.6 Å². The molecule has 2 N–H and O–H groups in total. The van der Waals surface area contributed by atoms with E-state index >= 15 is 0 Å². The lowest BCUT2D eigenvalue weighted by Crippen LogP contribution is -2.27. The fourth-order valence-corrected chi connectivity index (χ4v) is 1.97. The Kier molecular flexibility index (Phi) is 4.75. The molecule has 118 valence electrons. The number of rotatable bonds is 4. The number of aromatic nitrogens is 1. The van der Waals surface area contributed by atoms with Crippen molar-refractivity contribution < 1.29 is 9.53 Å². The third-order valence-electron chi connectivity index (χ3n) is 3.06. The van der Waals surface area contributed by atoms with Crippen LogP contribution in [-0.4, -0.2) is 16.3 Å². The third-order valence-corrected chi connectivity index (χ3v) is 3.06. The van der Waals surface area contributed by atoms with Crippen molar-refractivity contribution in [2.45, 2.75) is 32.9 Å². The first-order chi connectivity index (χ1) is 10.3. The molecule has 0 aliphatic carbocycles. The second kappa shape index (κ2) is 6.56. The number of aryl methyl sites for hydroxylation is 1. The van der Waals surface area contributed by atoms with E-state index < -0.39 is 11.7 Å². The number of nitrogens with zero attached hydrogens (tertiary/aromatic N) is 1. The number of ether oxygens (including phenoxy) is 1. The molecular weight excluding hydrogens is 278 g/mol. The number of nitrogens with one attached hydrogen (secondary N) is 2. The Morgan fingerprint density at radius 3 is 2.32 bits per heavy atom. The van der Waals surface area contributed by atoms with Gasteiger partial charge in [0.2, 0.25) is 0 Å². The normalized spacial score (nSPS) is 11.1. The van der Waals surface area contributed by atoms with Gasteiger partial charge in [-0.2, -0.15) is 0 Å². The molecule has 0 saturated heterocycles. The molecule has 5 heteroatoms. The van der Waals surface area contributed by atoms with Gasteiger partial charge in [0.15, 0.2) is 0 Å². The number of carbonyl (C=O) groups is 1. The zero-order valence-electron chi connectivity index (χ0n) is 13.5. The van der Waals surface area contributed by atoms with Crippen LogP contribution in [-0.2, 0) is 18.3 Å². The summed E-state index contributed by atoms with van der Waals surface area (Å²) in [6.07, 6.45) is 1.57. The standard InChI is InChI=1S/C17H23N3O2/c1-17(2,3)22-16(21)19-14-9-7-13(8-10-14)18-12-15-6-5-11-20(15)4/h5-11,18H,12H2,1-4H3,(H,19,21). The van der Waals surface area contributed by atoms with E-state index in [1.54, 1.807) is 0 Å². The van der Waals surface area contributed by atoms with Crippen LogP contribution in [0.25, 0.3) is 0 Å². The molecule has 0 unspecified atom stereocenters. The molecule has 0 spiro atoms. The highest BCUT2D eigenvalue weighted by molar-refractivity contribution is 5.85. The zero-order chi connectivity index (χ0) is 16.2. The Morgan fingerprint density at radius 1 is 1.14 bits per heavy atom. The van der Waals surface area contributed by atoms with Gasteiger partial charge in [0.25, 0.3) is 0 Å². The third kappa shape index (κ3) is 4.84. The van der Waals surface area contributed by atoms with E-state index in [9.17, 15) is 4.79 Å². The fourth-order valence-electron chi connectivity index (χ4n) is 1.97. The van der Waals surface area contributed by atoms with Crippen LogP contribution < -0.4 is 10.6 Å². The first kappa shape index (κ1) is 15.9. The van der Waals surface area contributed by atoms with Gasteiger partial charge in [-0.3, -0.25) is 5.32 Å². The maximum absolute atomic E-state index is 11.7. The lowest BCUT2D eigenvalue weighted by molar-refractivity contribution is 0.0636. The van der Waals surface area contributed by atoms with Crippen molar-refractivity contribution in [1.29, 1.82) is 0 Å². The van der Waals surface area contributed by atoms with Gasteiger partial charge >= 0.3 is 6.09 Å². The molecule has 0 fully saturated rings. The average molecular weight is 301 g/mol. The molecule has 5 nitrogen and oxygen atoms in total. The quantitative estimate of drug-likeness (QED) is 0.898. The molecule has 2 aromatic rings. The molecule has 1 aromatic carbocycles. The van der Waals surface area contributed by atoms with Crippen LogP contribution in [0.5, 0.6) is 0 Å². The summed E-state index contributed by atoms with van der Waals surface area (Å²) in [4.78, 5) is 11.7. The largest absolute Gasteiger partial charge is 0.444 e. The second-order valence-electron chi connectivity index (χ2n) is 6.17. The van der Waals surface area contributed by atoms with E-state index in [2.05, 4.69) is 21.3 Å². The number of carbonyl (C=O) groups excluding carboxylic acids is 1. The SMILES string of the molecule is Cn1cccc1CNc1ccc(NC(=O)OC(C)(C)C)cc1. The van der Waals surface area contributed by atoms with E-state index in [1.807, 2.05) is 64.3 Å². The summed E-state index contributed by atoms with van der Waals surface area (Å²) in [5, 5.41) is 6.05. The highest BCUT2D eigenvalue weighted by atomic mass is 16.6. The maximum Gasteiger partial charge on any atom is 0.412 e. The summed E-state index contributed by atoms with van der Waals surface area (Å²) in [6.45, 7) is 6.26. The minimum absolute atomic E-state index is 0.447. The van der Waals surface area contributed by atoms with Crippen molar-refractivity contribution in [2.75, 3.05) is 10.6 Å². The summed E-state index contributed by atoms with van der Waals surface area (Å²) in [6, 6.07) is 11.6. The molecule has 0 radical (unpaired) electrons. The Morgan fingerprint density at radius 2 is 1.77 bits per heavy atom. The van der Waals surface area contributed by atoms with Crippen LogP contribution in [0.2, 0.25) is 0 Å². The smallest absolute Gasteiger partial charge is 0.412 e. The molecule has 0 atom stereocenters. The predicted octanol–water partition coefficient (Wildman–Crippen LogP) is 3.98. The molecule has 22 heavy (non-hydrogen) atoms. The van der Waals surface area contributed by atoms with Crippen LogP contribution in [0.1, 0.15) is 26.5 Å². The molecule has 1 aromatic heterocycles. The van der Waals surface area contributed by atoms with Crippen LogP contribution in [0.3, 0.4) is 0 Å². The minimum Gasteiger partial charge on any atom is -0.444 e. The van der Waals surface area contributed by atoms with Crippen molar-refractivity contribution in [3.63, 3.8) is 0 Å². The summed E-state index contributed by atoms with van der Waals surface area (Å²) in [5.41, 5.74) is 2.41. The topological polar surface area (TPSA) is 55.3 Å². The monoisotopic (exact) mass is 301 g/mol. The van der Waals surface area contributed by atoms with Gasteiger partial charge in [-0.1, -0.05) is 0 Å². The van der Waals surface area contributed by atoms with Crippen LogP contribution in [0.4, 0.5) is 16.2 Å². The molecular formula is C17H23N3O2. The molecule has 0 saturated carbocycles. The van der Waals surface area contributed by atoms with E-state index in [-0.39, 0.29) is 0 Å². The van der Waals surface area contributed by atoms with Gasteiger partial charge in [-0.05, 0) is 57.2 Å². The number of benzene rings is 1. The van der Waals surface area contributed by atoms with Crippen LogP contribution >= 0.6 is 0 Å². The lowest BCUT2D eigenvalue weighted by Gasteiger charge is -2.19. The molecule has 2 rings (SSSR count). The van der Waals surface area contributed by atoms with Gasteiger partial charge in [-0.25, -0.2) is 4.79 Å². The average Bonchev–Trinajstić information content (AvgIpc) is 2.81. The van der Waals surface area contributed by atoms with Gasteiger partial charge in [-0.15, -0.1) is 0 Å². The number of hydrogen-bond donors (Lipinski definition) is 2. The maximum atomic E-state index is 11.7. The van der Waals surface area contributed by atoms with Gasteiger partial charge in [0, 0.05) is 30.3 Å². The first-order valence-corrected chi connectivity index (χ1v) is 7.28. The van der Waals surface area contributed by atoms with E-state index in [4.69, 9.17) is 4.74 Å². The first-order valence-electron chi connectivity index (χ1n) is 7.28. The number of anilines is 2. The molecule has 0 aliphatic rings. The predicted molar refractivity (Wildman–Crippen MR) is 89.0 cm³/mol. The Bertz CT molecular complexity index is 624. The van der Waals surface area contributed by atoms with Gasteiger partial charge in [0.1, 0.15) is 5.60 Å². The summed E-state index contributed by atoms with van der Waals surface area (Å²) in [5.74, 6) is 0. The summed E-state index contributed by atoms with van der Waals surface area (Å²) < 4.78 is 7.29. The summed E-state index contributed by atoms with van der Waals surface area (Å²) in [7, 11) is 2.02. The van der Waals surface area contributed by atoms with Crippen LogP contribution in [0, 0.1) is 0 Å². The fraction of sp³-hybridized carbons (Fsp3) is 0.353. The van der Waals surface area contributed by atoms with Crippen molar-refractivity contribution in [2.24, 2.45) is 7.05 Å². The molecule has 1 heterocycles. The van der Waals surface area contributed by atoms with Crippen molar-refractivity contribution in [3.8, 4) is 0 Å². The van der Waals surface area contributed by atoms with Crippen molar-refractivity contribution in [3.05, 3.63) is 48.3 Å². The Balaban J connectivity index is 1.87. The molecule has 1 amide bonds. The van der Waals surface area contributed by atoms with Gasteiger partial charge in [0.05, 0.1) is 6.54 Å². The number of amides is 1. The highest BCUT2D eigenvalue weighted by Gasteiger charge is 2.15. The molecule has 0 aliphatic heterocycles. The zero-order valence-corrected chi connectivity index (χ0v) is 13.5. The number of hydrogen-bond acceptors (Lipinski definition) is 3. The van der Waals surface area contributed by atoms with Crippen LogP contribution in [0.15, 0.2) is 42.6 Å². The second-order valence-corrected chi connectivity index (χ2v) is 6.17. The Hall–Kier alpha value is -2.43. The van der Waals surface area contributed by atoms with E-state index in [1.165, 1.54) is 5.69 Å². The Labute approximate surface area is 131 Å². The van der Waals surface area contributed by atoms with Crippen molar-refractivity contribution >= 4 is 17.5 Å². The van der Waals surface area contributed by atoms with E-state index in [0.29, 0.717) is 5.69 Å². The van der Waals surface area contributed by atoms with Crippen molar-refractivity contribution in [1.82, 2.24) is 4.57 Å². The summed E-state index contributed by atoms with van der Waals surface area (Å²) >= 11 is 0. The highest BCUT2D eigenvalue weighted by Crippen LogP contribution is 2.16. The molecule has 0 bridgehead atoms. The van der Waals surface area contributed by atoms with E-state index in [0.717, 1.165) is 12.2 Å². The minimum atomic E-state index is -0.499.